The first-order valence-corrected chi connectivity index (χ1v) is 9.09. The molecule has 4 aromatic heterocycles. The molecule has 9 heteroatoms. The molecule has 144 valence electrons. The Hall–Kier alpha value is -4.01. The number of methoxy groups -OCH3 is 1. The molecule has 3 N–H and O–H groups in total. The van der Waals surface area contributed by atoms with Crippen LogP contribution in [-0.2, 0) is 13.0 Å². The number of rotatable bonds is 5. The van der Waals surface area contributed by atoms with Crippen LogP contribution in [0.2, 0.25) is 0 Å². The highest BCUT2D eigenvalue weighted by Crippen LogP contribution is 2.24. The maximum Gasteiger partial charge on any atom is 0.221 e. The van der Waals surface area contributed by atoms with Crippen LogP contribution in [0.1, 0.15) is 16.7 Å². The van der Waals surface area contributed by atoms with E-state index in [9.17, 15) is 0 Å². The zero-order chi connectivity index (χ0) is 19.8. The summed E-state index contributed by atoms with van der Waals surface area (Å²) in [6.07, 6.45) is 6.27. The number of H-pyrrole nitrogens is 1. The molecule has 0 atom stereocenters. The first-order valence-electron chi connectivity index (χ1n) is 9.09. The van der Waals surface area contributed by atoms with Gasteiger partial charge in [0.2, 0.25) is 5.88 Å². The topological polar surface area (TPSA) is 120 Å². The van der Waals surface area contributed by atoms with Crippen molar-refractivity contribution in [3.63, 3.8) is 0 Å². The Kier molecular flexibility index (Phi) is 4.05. The van der Waals surface area contributed by atoms with Crippen molar-refractivity contribution in [2.75, 3.05) is 12.8 Å². The second-order valence-electron chi connectivity index (χ2n) is 6.81. The highest BCUT2D eigenvalue weighted by Gasteiger charge is 2.11. The fraction of sp³-hybridized carbons (Fsp3) is 0.150. The Bertz CT molecular complexity index is 1320. The van der Waals surface area contributed by atoms with E-state index in [-0.39, 0.29) is 0 Å². The van der Waals surface area contributed by atoms with Gasteiger partial charge in [0.15, 0.2) is 5.65 Å². The summed E-state index contributed by atoms with van der Waals surface area (Å²) in [6.45, 7) is 0.645. The van der Waals surface area contributed by atoms with E-state index in [1.165, 1.54) is 0 Å². The summed E-state index contributed by atoms with van der Waals surface area (Å²) < 4.78 is 7.29. The van der Waals surface area contributed by atoms with Gasteiger partial charge in [0.25, 0.3) is 0 Å². The molecule has 5 rings (SSSR count). The number of nitrogens with zero attached hydrogens (tertiary/aromatic N) is 6. The lowest BCUT2D eigenvalue weighted by Crippen LogP contribution is -2.00. The molecule has 0 spiro atoms. The quantitative estimate of drug-likeness (QED) is 0.475. The number of hydrogen-bond acceptors (Lipinski definition) is 7. The van der Waals surface area contributed by atoms with E-state index in [2.05, 4.69) is 48.7 Å². The minimum Gasteiger partial charge on any atom is -0.481 e. The molecule has 0 saturated heterocycles. The van der Waals surface area contributed by atoms with Gasteiger partial charge in [-0.05, 0) is 40.3 Å². The number of benzene rings is 1. The Morgan fingerprint density at radius 2 is 2.10 bits per heavy atom. The van der Waals surface area contributed by atoms with Gasteiger partial charge < -0.3 is 10.5 Å². The van der Waals surface area contributed by atoms with Crippen LogP contribution in [0, 0.1) is 0 Å². The molecule has 0 aliphatic carbocycles. The van der Waals surface area contributed by atoms with E-state index in [0.717, 1.165) is 33.0 Å². The number of nitrogen functional groups attached to an aromatic ring is 1. The number of nitrogens with one attached hydrogen (secondary N) is 1. The van der Waals surface area contributed by atoms with Gasteiger partial charge in [-0.15, -0.1) is 5.10 Å². The number of nitrogens with two attached hydrogens (primary N) is 1. The number of anilines is 1. The highest BCUT2D eigenvalue weighted by molar-refractivity contribution is 5.87. The molecule has 0 amide bonds. The van der Waals surface area contributed by atoms with Crippen LogP contribution in [0.4, 0.5) is 5.82 Å². The average molecular weight is 386 g/mol. The van der Waals surface area contributed by atoms with Crippen molar-refractivity contribution in [1.82, 2.24) is 35.2 Å². The predicted octanol–water partition coefficient (Wildman–Crippen LogP) is 2.33. The van der Waals surface area contributed by atoms with Crippen molar-refractivity contribution < 1.29 is 4.74 Å². The second kappa shape index (κ2) is 6.86. The van der Waals surface area contributed by atoms with E-state index < -0.39 is 0 Å². The third kappa shape index (κ3) is 3.22. The summed E-state index contributed by atoms with van der Waals surface area (Å²) in [4.78, 5) is 8.48. The molecule has 29 heavy (non-hydrogen) atoms. The molecule has 5 aromatic rings. The van der Waals surface area contributed by atoms with Crippen molar-refractivity contribution in [3.8, 4) is 5.88 Å². The molecular formula is C20H18N8O. The largest absolute Gasteiger partial charge is 0.481 e. The maximum atomic E-state index is 5.89. The van der Waals surface area contributed by atoms with Gasteiger partial charge in [-0.2, -0.15) is 5.10 Å². The first-order chi connectivity index (χ1) is 14.2. The average Bonchev–Trinajstić information content (AvgIpc) is 3.37. The minimum absolute atomic E-state index is 0.435. The first kappa shape index (κ1) is 17.1. The Morgan fingerprint density at radius 3 is 3.00 bits per heavy atom. The molecular weight excluding hydrogens is 368 g/mol. The van der Waals surface area contributed by atoms with Gasteiger partial charge in [0.1, 0.15) is 11.3 Å². The summed E-state index contributed by atoms with van der Waals surface area (Å²) in [5.74, 6) is 1.06. The third-order valence-corrected chi connectivity index (χ3v) is 4.81. The molecule has 4 heterocycles. The SMILES string of the molecule is COc1nccc2ccc(Cn3cc(Cc4cc(N)nc5[nH]nnc45)cn3)cc12. The van der Waals surface area contributed by atoms with E-state index >= 15 is 0 Å². The molecule has 0 unspecified atom stereocenters. The number of aromatic amines is 1. The number of fused-ring (bicyclic) bond motifs is 2. The van der Waals surface area contributed by atoms with Gasteiger partial charge >= 0.3 is 0 Å². The van der Waals surface area contributed by atoms with Crippen LogP contribution < -0.4 is 10.5 Å². The molecule has 0 aliphatic rings. The molecule has 1 aromatic carbocycles. The Labute approximate surface area is 165 Å². The van der Waals surface area contributed by atoms with Gasteiger partial charge in [0, 0.05) is 24.2 Å². The zero-order valence-electron chi connectivity index (χ0n) is 15.7. The van der Waals surface area contributed by atoms with Gasteiger partial charge in [-0.25, -0.2) is 15.1 Å². The van der Waals surface area contributed by atoms with Crippen LogP contribution in [0.3, 0.4) is 0 Å². The number of aromatic nitrogens is 7. The summed E-state index contributed by atoms with van der Waals surface area (Å²) in [6, 6.07) is 10.0. The van der Waals surface area contributed by atoms with E-state index in [4.69, 9.17) is 10.5 Å². The van der Waals surface area contributed by atoms with Crippen LogP contribution >= 0.6 is 0 Å². The predicted molar refractivity (Wildman–Crippen MR) is 109 cm³/mol. The van der Waals surface area contributed by atoms with E-state index in [1.807, 2.05) is 29.2 Å². The number of pyridine rings is 2. The summed E-state index contributed by atoms with van der Waals surface area (Å²) in [5.41, 5.74) is 10.3. The van der Waals surface area contributed by atoms with Crippen molar-refractivity contribution in [1.29, 1.82) is 0 Å². The summed E-state index contributed by atoms with van der Waals surface area (Å²) in [7, 11) is 1.63. The lowest BCUT2D eigenvalue weighted by Gasteiger charge is -2.07. The number of hydrogen-bond donors (Lipinski definition) is 2. The Balaban J connectivity index is 1.40. The zero-order valence-corrected chi connectivity index (χ0v) is 15.7. The molecule has 9 nitrogen and oxygen atoms in total. The smallest absolute Gasteiger partial charge is 0.221 e. The minimum atomic E-state index is 0.435. The van der Waals surface area contributed by atoms with Crippen LogP contribution in [-0.4, -0.2) is 42.3 Å². The van der Waals surface area contributed by atoms with Crippen LogP contribution in [0.15, 0.2) is 48.9 Å². The number of ether oxygens (including phenoxy) is 1. The van der Waals surface area contributed by atoms with Crippen LogP contribution in [0.25, 0.3) is 21.9 Å². The van der Waals surface area contributed by atoms with Crippen molar-refractivity contribution in [2.45, 2.75) is 13.0 Å². The third-order valence-electron chi connectivity index (χ3n) is 4.81. The van der Waals surface area contributed by atoms with Gasteiger partial charge in [-0.1, -0.05) is 17.3 Å². The van der Waals surface area contributed by atoms with Crippen molar-refractivity contribution in [3.05, 3.63) is 65.6 Å². The molecule has 0 bridgehead atoms. The normalized spacial score (nSPS) is 11.3. The lowest BCUT2D eigenvalue weighted by molar-refractivity contribution is 0.403. The maximum absolute atomic E-state index is 5.89. The summed E-state index contributed by atoms with van der Waals surface area (Å²) in [5, 5.41) is 17.3. The molecule has 0 aliphatic heterocycles. The van der Waals surface area contributed by atoms with E-state index in [0.29, 0.717) is 30.3 Å². The monoisotopic (exact) mass is 386 g/mol. The molecule has 0 fully saturated rings. The molecule has 0 saturated carbocycles. The standard InChI is InChI=1S/C20H18N8O/c1-29-20-16-7-12(2-3-14(16)4-5-22-20)10-28-11-13(9-23-28)6-15-8-17(21)24-19-18(15)25-27-26-19/h2-5,7-9,11H,6,10H2,1H3,(H3,21,24,25,26,27). The van der Waals surface area contributed by atoms with Crippen molar-refractivity contribution >= 4 is 27.8 Å². The highest BCUT2D eigenvalue weighted by atomic mass is 16.5. The van der Waals surface area contributed by atoms with Crippen molar-refractivity contribution in [2.24, 2.45) is 0 Å². The van der Waals surface area contributed by atoms with Crippen LogP contribution in [0.5, 0.6) is 5.88 Å². The lowest BCUT2D eigenvalue weighted by atomic mass is 10.1. The summed E-state index contributed by atoms with van der Waals surface area (Å²) >= 11 is 0. The van der Waals surface area contributed by atoms with Gasteiger partial charge in [0.05, 0.1) is 19.9 Å². The second-order valence-corrected chi connectivity index (χ2v) is 6.81. The molecule has 0 radical (unpaired) electrons. The fourth-order valence-corrected chi connectivity index (χ4v) is 3.50. The Morgan fingerprint density at radius 1 is 1.17 bits per heavy atom. The van der Waals surface area contributed by atoms with Gasteiger partial charge in [-0.3, -0.25) is 4.68 Å². The fourth-order valence-electron chi connectivity index (χ4n) is 3.50. The van der Waals surface area contributed by atoms with E-state index in [1.54, 1.807) is 13.3 Å².